The summed E-state index contributed by atoms with van der Waals surface area (Å²) in [6.45, 7) is 1.87. The number of nitrogens with one attached hydrogen (secondary N) is 2. The third kappa shape index (κ3) is 3.18. The van der Waals surface area contributed by atoms with E-state index in [2.05, 4.69) is 10.3 Å². The van der Waals surface area contributed by atoms with Gasteiger partial charge >= 0.3 is 0 Å². The molecule has 0 unspecified atom stereocenters. The number of pyridine rings is 1. The summed E-state index contributed by atoms with van der Waals surface area (Å²) in [4.78, 5) is 16.6. The number of rotatable bonds is 3. The lowest BCUT2D eigenvalue weighted by atomic mass is 10.0. The molecule has 0 aliphatic carbocycles. The Balaban J connectivity index is 1.89. The van der Waals surface area contributed by atoms with Gasteiger partial charge < -0.3 is 11.1 Å². The first-order valence-corrected chi connectivity index (χ1v) is 7.16. The van der Waals surface area contributed by atoms with Crippen molar-refractivity contribution in [1.29, 1.82) is 5.41 Å². The minimum atomic E-state index is -0.208. The number of hydrogen-bond donors (Lipinski definition) is 3. The van der Waals surface area contributed by atoms with Gasteiger partial charge in [0, 0.05) is 16.8 Å². The second-order valence-corrected chi connectivity index (χ2v) is 5.31. The highest BCUT2D eigenvalue weighted by Gasteiger charge is 2.08. The second-order valence-electron chi connectivity index (χ2n) is 5.31. The normalized spacial score (nSPS) is 10.5. The van der Waals surface area contributed by atoms with Crippen LogP contribution in [0.4, 0.5) is 5.82 Å². The number of nitrogens with zero attached hydrogens (tertiary/aromatic N) is 1. The van der Waals surface area contributed by atoms with E-state index in [0.717, 1.165) is 16.5 Å². The topological polar surface area (TPSA) is 91.9 Å². The van der Waals surface area contributed by atoms with Crippen LogP contribution in [0, 0.1) is 12.3 Å². The fourth-order valence-corrected chi connectivity index (χ4v) is 2.36. The van der Waals surface area contributed by atoms with E-state index in [4.69, 9.17) is 11.1 Å². The Morgan fingerprint density at radius 2 is 1.70 bits per heavy atom. The van der Waals surface area contributed by atoms with Crippen molar-refractivity contribution in [3.8, 4) is 0 Å². The maximum absolute atomic E-state index is 12.3. The van der Waals surface area contributed by atoms with Crippen molar-refractivity contribution in [2.24, 2.45) is 5.73 Å². The minimum absolute atomic E-state index is 0.0271. The number of aromatic nitrogens is 1. The smallest absolute Gasteiger partial charge is 0.256 e. The van der Waals surface area contributed by atoms with Crippen molar-refractivity contribution >= 4 is 28.3 Å². The second kappa shape index (κ2) is 5.88. The van der Waals surface area contributed by atoms with Crippen molar-refractivity contribution < 1.29 is 4.79 Å². The lowest BCUT2D eigenvalue weighted by molar-refractivity contribution is 0.102. The molecule has 1 heterocycles. The van der Waals surface area contributed by atoms with Crippen LogP contribution in [0.5, 0.6) is 0 Å². The summed E-state index contributed by atoms with van der Waals surface area (Å²) < 4.78 is 0. The molecule has 0 atom stereocenters. The molecule has 1 aromatic heterocycles. The zero-order valence-electron chi connectivity index (χ0n) is 12.6. The zero-order chi connectivity index (χ0) is 16.4. The number of fused-ring (bicyclic) bond motifs is 1. The van der Waals surface area contributed by atoms with Crippen molar-refractivity contribution in [1.82, 2.24) is 4.98 Å². The molecule has 3 rings (SSSR count). The van der Waals surface area contributed by atoms with E-state index in [1.54, 1.807) is 18.2 Å². The summed E-state index contributed by atoms with van der Waals surface area (Å²) in [5.74, 6) is 0.349. The van der Waals surface area contributed by atoms with E-state index < -0.39 is 0 Å². The molecule has 4 N–H and O–H groups in total. The molecule has 5 heteroatoms. The number of nitrogen functional groups attached to an aromatic ring is 1. The van der Waals surface area contributed by atoms with Crippen LogP contribution >= 0.6 is 0 Å². The first-order chi connectivity index (χ1) is 11.0. The first kappa shape index (κ1) is 14.7. The van der Waals surface area contributed by atoms with E-state index in [9.17, 15) is 4.79 Å². The average molecular weight is 304 g/mol. The summed E-state index contributed by atoms with van der Waals surface area (Å²) in [6.07, 6.45) is 0. The fraction of sp³-hybridized carbons (Fsp3) is 0.0556. The van der Waals surface area contributed by atoms with Crippen LogP contribution in [0.2, 0.25) is 0 Å². The summed E-state index contributed by atoms with van der Waals surface area (Å²) in [5.41, 5.74) is 7.56. The standard InChI is InChI=1S/C18H16N4O/c1-11-3-2-4-16(21-11)22-18(23)15-8-6-12-9-14(17(19)20)7-5-13(12)10-15/h2-10H,1H3,(H3,19,20)(H,21,22,23). The summed E-state index contributed by atoms with van der Waals surface area (Å²) in [7, 11) is 0. The van der Waals surface area contributed by atoms with Gasteiger partial charge in [-0.05, 0) is 48.0 Å². The number of carbonyl (C=O) groups excluding carboxylic acids is 1. The molecule has 0 radical (unpaired) electrons. The Labute approximate surface area is 133 Å². The van der Waals surface area contributed by atoms with Gasteiger partial charge in [0.2, 0.25) is 0 Å². The van der Waals surface area contributed by atoms with Gasteiger partial charge in [-0.25, -0.2) is 4.98 Å². The van der Waals surface area contributed by atoms with Crippen LogP contribution in [0.1, 0.15) is 21.6 Å². The van der Waals surface area contributed by atoms with Crippen LogP contribution in [0.3, 0.4) is 0 Å². The Morgan fingerprint density at radius 3 is 2.35 bits per heavy atom. The number of amidine groups is 1. The van der Waals surface area contributed by atoms with Crippen LogP contribution in [0.15, 0.2) is 54.6 Å². The summed E-state index contributed by atoms with van der Waals surface area (Å²) in [5, 5.41) is 12.1. The van der Waals surface area contributed by atoms with Gasteiger partial charge in [-0.3, -0.25) is 10.2 Å². The van der Waals surface area contributed by atoms with Gasteiger partial charge in [0.1, 0.15) is 11.7 Å². The molecule has 0 fully saturated rings. The number of amides is 1. The maximum atomic E-state index is 12.3. The Kier molecular flexibility index (Phi) is 3.76. The molecule has 0 saturated carbocycles. The van der Waals surface area contributed by atoms with Crippen LogP contribution in [-0.2, 0) is 0 Å². The highest BCUT2D eigenvalue weighted by Crippen LogP contribution is 2.19. The molecule has 5 nitrogen and oxygen atoms in total. The number of aryl methyl sites for hydroxylation is 1. The van der Waals surface area contributed by atoms with Crippen LogP contribution in [-0.4, -0.2) is 16.7 Å². The van der Waals surface area contributed by atoms with Gasteiger partial charge in [0.05, 0.1) is 0 Å². The Bertz CT molecular complexity index is 918. The number of anilines is 1. The van der Waals surface area contributed by atoms with Crippen molar-refractivity contribution in [3.63, 3.8) is 0 Å². The molecular weight excluding hydrogens is 288 g/mol. The number of benzene rings is 2. The van der Waals surface area contributed by atoms with E-state index in [1.807, 2.05) is 43.3 Å². The fourth-order valence-electron chi connectivity index (χ4n) is 2.36. The average Bonchev–Trinajstić information content (AvgIpc) is 2.53. The van der Waals surface area contributed by atoms with E-state index in [0.29, 0.717) is 16.9 Å². The molecule has 0 bridgehead atoms. The minimum Gasteiger partial charge on any atom is -0.384 e. The third-order valence-electron chi connectivity index (χ3n) is 3.54. The molecule has 1 amide bonds. The third-order valence-corrected chi connectivity index (χ3v) is 3.54. The molecule has 23 heavy (non-hydrogen) atoms. The van der Waals surface area contributed by atoms with Crippen molar-refractivity contribution in [2.45, 2.75) is 6.92 Å². The first-order valence-electron chi connectivity index (χ1n) is 7.16. The van der Waals surface area contributed by atoms with Gasteiger partial charge in [0.15, 0.2) is 0 Å². The van der Waals surface area contributed by atoms with Gasteiger partial charge in [-0.2, -0.15) is 0 Å². The van der Waals surface area contributed by atoms with Gasteiger partial charge in [0.25, 0.3) is 5.91 Å². The zero-order valence-corrected chi connectivity index (χ0v) is 12.6. The lowest BCUT2D eigenvalue weighted by Gasteiger charge is -2.07. The van der Waals surface area contributed by atoms with Crippen LogP contribution < -0.4 is 11.1 Å². The number of hydrogen-bond acceptors (Lipinski definition) is 3. The number of carbonyl (C=O) groups is 1. The maximum Gasteiger partial charge on any atom is 0.256 e. The lowest BCUT2D eigenvalue weighted by Crippen LogP contribution is -2.13. The predicted octanol–water partition coefficient (Wildman–Crippen LogP) is 3.08. The van der Waals surface area contributed by atoms with Gasteiger partial charge in [-0.15, -0.1) is 0 Å². The molecule has 2 aromatic carbocycles. The van der Waals surface area contributed by atoms with Gasteiger partial charge in [-0.1, -0.05) is 24.3 Å². The monoisotopic (exact) mass is 304 g/mol. The molecule has 3 aromatic rings. The van der Waals surface area contributed by atoms with Crippen molar-refractivity contribution in [2.75, 3.05) is 5.32 Å². The molecule has 0 saturated heterocycles. The highest BCUT2D eigenvalue weighted by molar-refractivity contribution is 6.06. The molecule has 0 spiro atoms. The van der Waals surface area contributed by atoms with Crippen molar-refractivity contribution in [3.05, 3.63) is 71.4 Å². The number of nitrogens with two attached hydrogens (primary N) is 1. The highest BCUT2D eigenvalue weighted by atomic mass is 16.1. The molecule has 0 aliphatic heterocycles. The van der Waals surface area contributed by atoms with E-state index >= 15 is 0 Å². The quantitative estimate of drug-likeness (QED) is 0.513. The van der Waals surface area contributed by atoms with E-state index in [-0.39, 0.29) is 11.7 Å². The summed E-state index contributed by atoms with van der Waals surface area (Å²) in [6, 6.07) is 16.3. The Hall–Kier alpha value is -3.21. The van der Waals surface area contributed by atoms with Crippen LogP contribution in [0.25, 0.3) is 10.8 Å². The Morgan fingerprint density at radius 1 is 1.04 bits per heavy atom. The molecule has 114 valence electrons. The predicted molar refractivity (Wildman–Crippen MR) is 91.9 cm³/mol. The SMILES string of the molecule is Cc1cccc(NC(=O)c2ccc3cc(C(=N)N)ccc3c2)n1. The molecule has 0 aliphatic rings. The largest absolute Gasteiger partial charge is 0.384 e. The summed E-state index contributed by atoms with van der Waals surface area (Å²) >= 11 is 0. The molecular formula is C18H16N4O. The van der Waals surface area contributed by atoms with E-state index in [1.165, 1.54) is 0 Å².